The van der Waals surface area contributed by atoms with Gasteiger partial charge in [-0.2, -0.15) is 0 Å². The molecule has 1 nitrogen and oxygen atoms in total. The average Bonchev–Trinajstić information content (AvgIpc) is 1.86. The summed E-state index contributed by atoms with van der Waals surface area (Å²) in [5.74, 6) is 0.579. The van der Waals surface area contributed by atoms with Crippen molar-refractivity contribution in [1.82, 2.24) is 0 Å². The van der Waals surface area contributed by atoms with Crippen LogP contribution in [0.5, 0.6) is 0 Å². The van der Waals surface area contributed by atoms with Crippen molar-refractivity contribution >= 4 is 0 Å². The maximum absolute atomic E-state index is 8.59. The third-order valence-corrected chi connectivity index (χ3v) is 1.02. The van der Waals surface area contributed by atoms with Crippen molar-refractivity contribution in [2.24, 2.45) is 0 Å². The first-order valence-electron chi connectivity index (χ1n) is 2.27. The molecule has 0 aromatic rings. The molecule has 0 aromatic heterocycles. The van der Waals surface area contributed by atoms with Crippen molar-refractivity contribution in [2.45, 2.75) is 19.3 Å². The summed E-state index contributed by atoms with van der Waals surface area (Å²) < 4.78 is 0. The van der Waals surface area contributed by atoms with Gasteiger partial charge >= 0.3 is 0 Å². The number of rotatable bonds is 0. The SMILES string of the molecule is F.OC1=CCCC1. The van der Waals surface area contributed by atoms with Crippen LogP contribution in [-0.2, 0) is 0 Å². The van der Waals surface area contributed by atoms with Gasteiger partial charge in [0.05, 0.1) is 5.76 Å². The Labute approximate surface area is 42.0 Å². The molecular weight excluding hydrogens is 95.1 g/mol. The van der Waals surface area contributed by atoms with E-state index in [2.05, 4.69) is 0 Å². The third-order valence-electron chi connectivity index (χ3n) is 1.02. The van der Waals surface area contributed by atoms with Crippen LogP contribution in [0.1, 0.15) is 19.3 Å². The highest BCUT2D eigenvalue weighted by atomic mass is 19.0. The number of hydrogen-bond acceptors (Lipinski definition) is 1. The van der Waals surface area contributed by atoms with Gasteiger partial charge in [0.2, 0.25) is 0 Å². The minimum atomic E-state index is 0. The summed E-state index contributed by atoms with van der Waals surface area (Å²) in [6.45, 7) is 0. The van der Waals surface area contributed by atoms with Gasteiger partial charge in [-0.25, -0.2) is 0 Å². The summed E-state index contributed by atoms with van der Waals surface area (Å²) >= 11 is 0. The Morgan fingerprint density at radius 3 is 2.43 bits per heavy atom. The molecule has 1 rings (SSSR count). The zero-order valence-electron chi connectivity index (χ0n) is 4.05. The van der Waals surface area contributed by atoms with E-state index >= 15 is 0 Å². The zero-order chi connectivity index (χ0) is 4.41. The standard InChI is InChI=1S/C5H8O.FH/c6-5-3-1-2-4-5;/h3,6H,1-2,4H2;1H. The van der Waals surface area contributed by atoms with Crippen molar-refractivity contribution < 1.29 is 9.81 Å². The number of aliphatic hydroxyl groups is 1. The van der Waals surface area contributed by atoms with Crippen LogP contribution in [0.2, 0.25) is 0 Å². The van der Waals surface area contributed by atoms with Gasteiger partial charge in [0.15, 0.2) is 0 Å². The third kappa shape index (κ3) is 1.57. The van der Waals surface area contributed by atoms with Crippen LogP contribution in [0.3, 0.4) is 0 Å². The molecule has 0 atom stereocenters. The lowest BCUT2D eigenvalue weighted by Gasteiger charge is -1.80. The average molecular weight is 104 g/mol. The molecule has 2 heteroatoms. The Morgan fingerprint density at radius 2 is 2.29 bits per heavy atom. The molecule has 0 amide bonds. The van der Waals surface area contributed by atoms with Gasteiger partial charge in [0.1, 0.15) is 0 Å². The van der Waals surface area contributed by atoms with E-state index in [0.29, 0.717) is 5.76 Å². The van der Waals surface area contributed by atoms with Gasteiger partial charge in [0.25, 0.3) is 0 Å². The molecule has 0 aromatic carbocycles. The first kappa shape index (κ1) is 6.47. The second-order valence-corrected chi connectivity index (χ2v) is 1.59. The molecule has 0 aliphatic heterocycles. The topological polar surface area (TPSA) is 20.2 Å². The minimum absolute atomic E-state index is 0. The van der Waals surface area contributed by atoms with Crippen LogP contribution in [0.15, 0.2) is 11.8 Å². The molecular formula is C5H9FO. The van der Waals surface area contributed by atoms with E-state index in [4.69, 9.17) is 5.11 Å². The van der Waals surface area contributed by atoms with Crippen molar-refractivity contribution in [1.29, 1.82) is 0 Å². The van der Waals surface area contributed by atoms with Crippen LogP contribution in [-0.4, -0.2) is 5.11 Å². The number of hydrogen-bond donors (Lipinski definition) is 1. The van der Waals surface area contributed by atoms with Crippen molar-refractivity contribution in [3.63, 3.8) is 0 Å². The molecule has 0 saturated carbocycles. The van der Waals surface area contributed by atoms with Crippen LogP contribution in [0, 0.1) is 0 Å². The normalized spacial score (nSPS) is 18.0. The van der Waals surface area contributed by atoms with E-state index in [0.717, 1.165) is 19.3 Å². The predicted molar refractivity (Wildman–Crippen MR) is 27.1 cm³/mol. The van der Waals surface area contributed by atoms with Crippen LogP contribution < -0.4 is 0 Å². The van der Waals surface area contributed by atoms with E-state index in [1.54, 1.807) is 0 Å². The number of allylic oxidation sites excluding steroid dienone is 2. The molecule has 1 N–H and O–H groups in total. The smallest absolute Gasteiger partial charge is 0.0882 e. The fourth-order valence-electron chi connectivity index (χ4n) is 0.654. The second kappa shape index (κ2) is 2.61. The molecule has 0 radical (unpaired) electrons. The van der Waals surface area contributed by atoms with E-state index < -0.39 is 0 Å². The van der Waals surface area contributed by atoms with Crippen molar-refractivity contribution in [3.05, 3.63) is 11.8 Å². The first-order valence-corrected chi connectivity index (χ1v) is 2.27. The van der Waals surface area contributed by atoms with Gasteiger partial charge in [0, 0.05) is 6.42 Å². The van der Waals surface area contributed by atoms with E-state index in [-0.39, 0.29) is 4.70 Å². The summed E-state index contributed by atoms with van der Waals surface area (Å²) in [7, 11) is 0. The fourth-order valence-corrected chi connectivity index (χ4v) is 0.654. The highest BCUT2D eigenvalue weighted by Crippen LogP contribution is 2.13. The second-order valence-electron chi connectivity index (χ2n) is 1.59. The highest BCUT2D eigenvalue weighted by Gasteiger charge is 1.98. The molecule has 1 aliphatic carbocycles. The summed E-state index contributed by atoms with van der Waals surface area (Å²) in [4.78, 5) is 0. The highest BCUT2D eigenvalue weighted by molar-refractivity contribution is 4.96. The van der Waals surface area contributed by atoms with Crippen molar-refractivity contribution in [3.8, 4) is 0 Å². The van der Waals surface area contributed by atoms with Crippen LogP contribution in [0.25, 0.3) is 0 Å². The lowest BCUT2D eigenvalue weighted by Crippen LogP contribution is -1.66. The monoisotopic (exact) mass is 104 g/mol. The molecule has 42 valence electrons. The number of aliphatic hydroxyl groups excluding tert-OH is 1. The minimum Gasteiger partial charge on any atom is -0.513 e. The maximum Gasteiger partial charge on any atom is 0.0882 e. The lowest BCUT2D eigenvalue weighted by molar-refractivity contribution is 0.397. The van der Waals surface area contributed by atoms with Crippen LogP contribution >= 0.6 is 0 Å². The summed E-state index contributed by atoms with van der Waals surface area (Å²) in [5.41, 5.74) is 0. The molecule has 0 heterocycles. The summed E-state index contributed by atoms with van der Waals surface area (Å²) in [6, 6.07) is 0. The van der Waals surface area contributed by atoms with E-state index in [9.17, 15) is 0 Å². The Hall–Kier alpha value is -0.530. The van der Waals surface area contributed by atoms with Gasteiger partial charge in [-0.15, -0.1) is 0 Å². The first-order chi connectivity index (χ1) is 2.89. The van der Waals surface area contributed by atoms with Gasteiger partial charge in [-0.1, -0.05) is 0 Å². The largest absolute Gasteiger partial charge is 0.513 e. The molecule has 0 bridgehead atoms. The quantitative estimate of drug-likeness (QED) is 0.496. The Kier molecular flexibility index (Phi) is 2.41. The molecule has 0 fully saturated rings. The summed E-state index contributed by atoms with van der Waals surface area (Å²) in [5, 5.41) is 8.59. The van der Waals surface area contributed by atoms with Gasteiger partial charge < -0.3 is 5.11 Å². The lowest BCUT2D eigenvalue weighted by atomic mass is 10.4. The van der Waals surface area contributed by atoms with Crippen molar-refractivity contribution in [2.75, 3.05) is 0 Å². The number of halogens is 1. The van der Waals surface area contributed by atoms with Gasteiger partial charge in [-0.3, -0.25) is 4.70 Å². The zero-order valence-corrected chi connectivity index (χ0v) is 4.05. The van der Waals surface area contributed by atoms with Gasteiger partial charge in [-0.05, 0) is 18.9 Å². The summed E-state index contributed by atoms with van der Waals surface area (Å²) in [6.07, 6.45) is 5.00. The van der Waals surface area contributed by atoms with E-state index in [1.165, 1.54) is 0 Å². The molecule has 0 spiro atoms. The van der Waals surface area contributed by atoms with E-state index in [1.807, 2.05) is 6.08 Å². The molecule has 1 aliphatic rings. The predicted octanol–water partition coefficient (Wildman–Crippen LogP) is 1.76. The molecule has 7 heavy (non-hydrogen) atoms. The maximum atomic E-state index is 8.59. The Bertz CT molecular complexity index is 78.1. The Balaban J connectivity index is 0.000000360. The van der Waals surface area contributed by atoms with Crippen LogP contribution in [0.4, 0.5) is 4.70 Å². The molecule has 0 unspecified atom stereocenters. The Morgan fingerprint density at radius 1 is 1.57 bits per heavy atom. The fraction of sp³-hybridized carbons (Fsp3) is 0.600. The molecule has 0 saturated heterocycles.